The molecule has 2 nitrogen and oxygen atoms in total. The van der Waals surface area contributed by atoms with Crippen LogP contribution in [0.3, 0.4) is 0 Å². The third kappa shape index (κ3) is 2.60. The van der Waals surface area contributed by atoms with Crippen LogP contribution in [0.1, 0.15) is 18.5 Å². The summed E-state index contributed by atoms with van der Waals surface area (Å²) < 4.78 is 0. The van der Waals surface area contributed by atoms with Gasteiger partial charge in [-0.3, -0.25) is 0 Å². The number of rotatable bonds is 0. The molecule has 0 spiro atoms. The van der Waals surface area contributed by atoms with Gasteiger partial charge in [-0.25, -0.2) is 0 Å². The van der Waals surface area contributed by atoms with Gasteiger partial charge >= 0.3 is 0 Å². The SMILES string of the molecule is CC1NC(=S)Nc2c(Cl)ccc(Cl)c21.[Na]. The predicted molar refractivity (Wildman–Crippen MR) is 70.0 cm³/mol. The summed E-state index contributed by atoms with van der Waals surface area (Å²) in [6.07, 6.45) is 0. The average Bonchev–Trinajstić information content (AvgIpc) is 2.10. The van der Waals surface area contributed by atoms with Crippen LogP contribution in [0.4, 0.5) is 5.69 Å². The van der Waals surface area contributed by atoms with Crippen LogP contribution in [0.15, 0.2) is 12.1 Å². The van der Waals surface area contributed by atoms with E-state index in [1.54, 1.807) is 12.1 Å². The van der Waals surface area contributed by atoms with E-state index < -0.39 is 0 Å². The second-order valence-electron chi connectivity index (χ2n) is 3.14. The number of fused-ring (bicyclic) bond motifs is 1. The van der Waals surface area contributed by atoms with Gasteiger partial charge in [0.15, 0.2) is 5.11 Å². The van der Waals surface area contributed by atoms with E-state index in [-0.39, 0.29) is 35.6 Å². The molecule has 75 valence electrons. The van der Waals surface area contributed by atoms with Crippen LogP contribution in [0, 0.1) is 0 Å². The molecule has 1 unspecified atom stereocenters. The van der Waals surface area contributed by atoms with E-state index in [1.807, 2.05) is 6.92 Å². The number of anilines is 1. The fourth-order valence-electron chi connectivity index (χ4n) is 1.54. The summed E-state index contributed by atoms with van der Waals surface area (Å²) in [5, 5.41) is 7.99. The van der Waals surface area contributed by atoms with Crippen molar-refractivity contribution in [3.8, 4) is 0 Å². The number of nitrogens with one attached hydrogen (secondary N) is 2. The fraction of sp³-hybridized carbons (Fsp3) is 0.222. The average molecular weight is 270 g/mol. The largest absolute Gasteiger partial charge is 0.356 e. The topological polar surface area (TPSA) is 24.1 Å². The van der Waals surface area contributed by atoms with E-state index in [0.717, 1.165) is 11.3 Å². The molecule has 1 aromatic rings. The first-order chi connectivity index (χ1) is 6.59. The van der Waals surface area contributed by atoms with Gasteiger partial charge in [-0.2, -0.15) is 0 Å². The Labute approximate surface area is 126 Å². The molecule has 1 radical (unpaired) electrons. The number of halogens is 2. The van der Waals surface area contributed by atoms with Crippen LogP contribution in [-0.2, 0) is 0 Å². The Balaban J connectivity index is 0.00000112. The molecule has 0 aliphatic carbocycles. The van der Waals surface area contributed by atoms with Crippen molar-refractivity contribution < 1.29 is 0 Å². The molecule has 0 fully saturated rings. The van der Waals surface area contributed by atoms with Gasteiger partial charge in [0.1, 0.15) is 0 Å². The van der Waals surface area contributed by atoms with Crippen LogP contribution in [-0.4, -0.2) is 34.7 Å². The zero-order valence-electron chi connectivity index (χ0n) is 8.40. The van der Waals surface area contributed by atoms with Crippen molar-refractivity contribution in [2.24, 2.45) is 0 Å². The van der Waals surface area contributed by atoms with E-state index in [2.05, 4.69) is 10.6 Å². The Morgan fingerprint density at radius 3 is 2.53 bits per heavy atom. The van der Waals surface area contributed by atoms with Gasteiger partial charge in [0.05, 0.1) is 16.8 Å². The van der Waals surface area contributed by atoms with E-state index in [1.165, 1.54) is 0 Å². The van der Waals surface area contributed by atoms with Crippen LogP contribution in [0.5, 0.6) is 0 Å². The molecule has 1 heterocycles. The molecule has 15 heavy (non-hydrogen) atoms. The first kappa shape index (κ1) is 13.6. The van der Waals surface area contributed by atoms with Crippen LogP contribution < -0.4 is 10.6 Å². The molecule has 1 aliphatic rings. The molecule has 0 aromatic heterocycles. The third-order valence-corrected chi connectivity index (χ3v) is 3.03. The van der Waals surface area contributed by atoms with E-state index >= 15 is 0 Å². The molecule has 1 aliphatic heterocycles. The van der Waals surface area contributed by atoms with Crippen molar-refractivity contribution in [1.82, 2.24) is 5.32 Å². The molecule has 2 rings (SSSR count). The Hall–Kier alpha value is 0.490. The summed E-state index contributed by atoms with van der Waals surface area (Å²) >= 11 is 17.1. The van der Waals surface area contributed by atoms with E-state index in [4.69, 9.17) is 35.4 Å². The Bertz CT molecular complexity index is 411. The first-order valence-electron chi connectivity index (χ1n) is 4.15. The van der Waals surface area contributed by atoms with Crippen LogP contribution >= 0.6 is 35.4 Å². The molecule has 1 atom stereocenters. The minimum absolute atomic E-state index is 0. The quantitative estimate of drug-likeness (QED) is 0.560. The minimum Gasteiger partial charge on any atom is -0.356 e. The van der Waals surface area contributed by atoms with Crippen molar-refractivity contribution in [3.05, 3.63) is 27.7 Å². The molecule has 0 saturated carbocycles. The van der Waals surface area contributed by atoms with Gasteiger partial charge < -0.3 is 10.6 Å². The summed E-state index contributed by atoms with van der Waals surface area (Å²) in [6.45, 7) is 1.99. The van der Waals surface area contributed by atoms with Crippen molar-refractivity contribution in [3.63, 3.8) is 0 Å². The standard InChI is InChI=1S/C9H8Cl2N2S.Na/c1-4-7-5(10)2-3-6(11)8(7)13-9(14)12-4;/h2-4H,1H3,(H2,12,13,14);. The van der Waals surface area contributed by atoms with E-state index in [0.29, 0.717) is 15.2 Å². The Kier molecular flexibility index (Phi) is 4.71. The zero-order valence-corrected chi connectivity index (χ0v) is 12.7. The Morgan fingerprint density at radius 2 is 1.87 bits per heavy atom. The molecule has 0 saturated heterocycles. The number of hydrogen-bond acceptors (Lipinski definition) is 1. The second kappa shape index (κ2) is 5.21. The Morgan fingerprint density at radius 1 is 1.27 bits per heavy atom. The molecule has 1 aromatic carbocycles. The fourth-order valence-corrected chi connectivity index (χ4v) is 2.35. The van der Waals surface area contributed by atoms with Crippen LogP contribution in [0.25, 0.3) is 0 Å². The molecular weight excluding hydrogens is 262 g/mol. The number of thiocarbonyl (C=S) groups is 1. The van der Waals surface area contributed by atoms with Gasteiger partial charge in [0, 0.05) is 40.1 Å². The summed E-state index contributed by atoms with van der Waals surface area (Å²) in [5.74, 6) is 0. The third-order valence-electron chi connectivity index (χ3n) is 2.16. The molecule has 0 amide bonds. The van der Waals surface area contributed by atoms with Crippen LogP contribution in [0.2, 0.25) is 10.0 Å². The monoisotopic (exact) mass is 269 g/mol. The minimum atomic E-state index is 0. The van der Waals surface area contributed by atoms with Gasteiger partial charge in [-0.05, 0) is 31.3 Å². The van der Waals surface area contributed by atoms with Gasteiger partial charge in [-0.1, -0.05) is 23.2 Å². The maximum atomic E-state index is 6.07. The summed E-state index contributed by atoms with van der Waals surface area (Å²) in [5.41, 5.74) is 1.78. The number of hydrogen-bond donors (Lipinski definition) is 2. The van der Waals surface area contributed by atoms with Crippen molar-refractivity contribution >= 4 is 75.8 Å². The summed E-state index contributed by atoms with van der Waals surface area (Å²) in [6, 6.07) is 3.64. The van der Waals surface area contributed by atoms with Crippen molar-refractivity contribution in [2.45, 2.75) is 13.0 Å². The van der Waals surface area contributed by atoms with Crippen molar-refractivity contribution in [1.29, 1.82) is 0 Å². The van der Waals surface area contributed by atoms with Gasteiger partial charge in [0.25, 0.3) is 0 Å². The molecule has 0 bridgehead atoms. The first-order valence-corrected chi connectivity index (χ1v) is 5.31. The second-order valence-corrected chi connectivity index (χ2v) is 4.36. The molecule has 2 N–H and O–H groups in total. The normalized spacial score (nSPS) is 18.3. The maximum Gasteiger partial charge on any atom is 0.171 e. The van der Waals surface area contributed by atoms with E-state index in [9.17, 15) is 0 Å². The van der Waals surface area contributed by atoms with Gasteiger partial charge in [0.2, 0.25) is 0 Å². The molecule has 6 heteroatoms. The predicted octanol–water partition coefficient (Wildman–Crippen LogP) is 2.97. The molecular formula is C9H8Cl2N2NaS. The maximum absolute atomic E-state index is 6.07. The summed E-state index contributed by atoms with van der Waals surface area (Å²) in [4.78, 5) is 0. The zero-order chi connectivity index (χ0) is 10.3. The van der Waals surface area contributed by atoms with Crippen molar-refractivity contribution in [2.75, 3.05) is 5.32 Å². The van der Waals surface area contributed by atoms with Gasteiger partial charge in [-0.15, -0.1) is 0 Å². The summed E-state index contributed by atoms with van der Waals surface area (Å²) in [7, 11) is 0. The number of benzene rings is 1. The smallest absolute Gasteiger partial charge is 0.171 e.